The van der Waals surface area contributed by atoms with E-state index in [1.165, 1.54) is 16.9 Å². The van der Waals surface area contributed by atoms with Gasteiger partial charge in [0.05, 0.1) is 81.3 Å². The summed E-state index contributed by atoms with van der Waals surface area (Å²) in [7, 11) is 10.7. The second-order valence-electron chi connectivity index (χ2n) is 27.9. The van der Waals surface area contributed by atoms with Crippen molar-refractivity contribution in [2.75, 3.05) is 73.5 Å². The minimum absolute atomic E-state index is 0.0489. The second kappa shape index (κ2) is 36.3. The first-order valence-electron chi connectivity index (χ1n) is 35.3. The Kier molecular flexibility index (Phi) is 27.4. The SMILES string of the molecule is COC[C@@H]1NC(=O)[C@H](CCCNCC2CCC(OC[C@H]3OC[C@H](Nc4cncc(C(F)(F)F)n4)[C@@H](O)[C@H]3O)C2)N(Cc2ccc(Cl)cc2Oc2ccc(-c3cnc(CN(C)C)n3C)cc2)C(=O)C[C@@H](Cc2ccccc2)C(=O)N(C)[C@H]2CCCC[C@@H]2NC(=O)C[C@H](Cc2ccc(Cl)cc2)N(C)C1=O. The largest absolute Gasteiger partial charge is 0.457 e. The number of amides is 5. The van der Waals surface area contributed by atoms with Gasteiger partial charge in [-0.25, -0.2) is 9.97 Å². The van der Waals surface area contributed by atoms with Crippen molar-refractivity contribution in [1.29, 1.82) is 0 Å². The molecule has 0 radical (unpaired) electrons. The van der Waals surface area contributed by atoms with E-state index in [2.05, 4.69) is 36.2 Å². The lowest BCUT2D eigenvalue weighted by atomic mass is 9.87. The van der Waals surface area contributed by atoms with E-state index in [4.69, 9.17) is 42.1 Å². The Bertz CT molecular complexity index is 3810. The van der Waals surface area contributed by atoms with Gasteiger partial charge in [-0.2, -0.15) is 13.2 Å². The van der Waals surface area contributed by atoms with Crippen molar-refractivity contribution in [2.24, 2.45) is 18.9 Å². The predicted molar refractivity (Wildman–Crippen MR) is 383 cm³/mol. The number of rotatable bonds is 24. The number of nitrogens with one attached hydrogen (secondary N) is 4. The molecule has 4 heterocycles. The highest BCUT2D eigenvalue weighted by molar-refractivity contribution is 6.31. The minimum atomic E-state index is -4.73. The first kappa shape index (κ1) is 77.8. The van der Waals surface area contributed by atoms with Gasteiger partial charge in [-0.3, -0.25) is 29.0 Å². The van der Waals surface area contributed by atoms with Crippen LogP contribution in [0.3, 0.4) is 0 Å². The maximum Gasteiger partial charge on any atom is 0.434 e. The number of hydrogen-bond acceptors (Lipinski definition) is 17. The lowest BCUT2D eigenvalue weighted by Gasteiger charge is -2.40. The van der Waals surface area contributed by atoms with Crippen molar-refractivity contribution in [2.45, 2.75) is 163 Å². The fourth-order valence-corrected chi connectivity index (χ4v) is 14.7. The fourth-order valence-electron chi connectivity index (χ4n) is 14.4. The molecule has 2 aliphatic heterocycles. The summed E-state index contributed by atoms with van der Waals surface area (Å²) in [6.45, 7) is 0.912. The molecule has 2 aliphatic carbocycles. The minimum Gasteiger partial charge on any atom is -0.457 e. The number of carbonyl (C=O) groups is 5. The number of hydrogen-bond donors (Lipinski definition) is 6. The normalized spacial score (nSPS) is 25.1. The zero-order chi connectivity index (χ0) is 73.5. The van der Waals surface area contributed by atoms with Crippen molar-refractivity contribution in [3.63, 3.8) is 0 Å². The molecular formula is C75H95Cl2F3N12O11. The number of imidazole rings is 1. The molecule has 6 N–H and O–H groups in total. The molecular weight excluding hydrogens is 1370 g/mol. The standard InChI is InChI=1S/C75H95Cl2F3N12O11/c1-88(2)42-67-83-38-62(90(67)4)49-22-28-55(29-23-49)103-63-35-53(77)26-21-50(63)41-92-61(17-12-30-81-37-48-20-27-56(33-48)101-45-64-71(96)70(95)58(44-102-64)84-66-40-82-39-65(87-66)75(78,79)80)72(97)86-59(43-100-6)74(99)89(3)54(32-47-18-24-52(76)25-19-47)36-68(93)85-57-15-10-11-16-60(57)91(5)73(98)51(34-69(92)94)31-46-13-8-7-9-14-46/h7-9,13-14,18-19,21-26,28-29,35,38-40,48,51,54,56-61,64,70-71,81,95-96H,10-12,15-17,20,27,30-34,36-37,41-45H2,1-6H3,(H,84,87)(H,85,93)(H,86,97)/t48?,51-,54+,56?,57+,58+,59+,60+,61+,64-,70-,71+/m1/s1. The van der Waals surface area contributed by atoms with Crippen LogP contribution in [0, 0.1) is 11.8 Å². The molecule has 4 fully saturated rings. The van der Waals surface area contributed by atoms with E-state index in [-0.39, 0.29) is 88.1 Å². The van der Waals surface area contributed by atoms with Gasteiger partial charge in [0.2, 0.25) is 29.5 Å². The van der Waals surface area contributed by atoms with Gasteiger partial charge < -0.3 is 74.6 Å². The Morgan fingerprint density at radius 3 is 2.27 bits per heavy atom. The zero-order valence-corrected chi connectivity index (χ0v) is 60.6. The summed E-state index contributed by atoms with van der Waals surface area (Å²) in [4.78, 5) is 95.8. The monoisotopic (exact) mass is 1470 g/mol. The molecule has 4 aliphatic rings. The smallest absolute Gasteiger partial charge is 0.434 e. The molecule has 0 spiro atoms. The molecule has 23 nitrogen and oxygen atoms in total. The molecule has 556 valence electrons. The quantitative estimate of drug-likeness (QED) is 0.0310. The molecule has 10 rings (SSSR count). The molecule has 6 aromatic rings. The topological polar surface area (TPSA) is 267 Å². The molecule has 2 saturated heterocycles. The number of alkyl halides is 3. The van der Waals surface area contributed by atoms with Crippen LogP contribution in [0.5, 0.6) is 11.5 Å². The Morgan fingerprint density at radius 2 is 1.53 bits per heavy atom. The van der Waals surface area contributed by atoms with Crippen LogP contribution in [0.4, 0.5) is 19.0 Å². The zero-order valence-electron chi connectivity index (χ0n) is 59.1. The highest BCUT2D eigenvalue weighted by Gasteiger charge is 2.43. The van der Waals surface area contributed by atoms with Gasteiger partial charge in [0.25, 0.3) is 0 Å². The molecule has 28 heteroatoms. The van der Waals surface area contributed by atoms with Crippen LogP contribution in [-0.4, -0.2) is 208 Å². The molecule has 5 amide bonds. The van der Waals surface area contributed by atoms with Crippen LogP contribution in [0.25, 0.3) is 11.3 Å². The van der Waals surface area contributed by atoms with E-state index >= 15 is 19.2 Å². The number of methoxy groups -OCH3 is 1. The van der Waals surface area contributed by atoms with Crippen LogP contribution >= 0.6 is 23.2 Å². The van der Waals surface area contributed by atoms with E-state index in [9.17, 15) is 28.2 Å². The van der Waals surface area contributed by atoms with Crippen molar-refractivity contribution in [3.05, 3.63) is 154 Å². The first-order valence-corrected chi connectivity index (χ1v) is 36.0. The van der Waals surface area contributed by atoms with Crippen molar-refractivity contribution >= 4 is 58.6 Å². The molecule has 2 aromatic heterocycles. The highest BCUT2D eigenvalue weighted by atomic mass is 35.5. The lowest BCUT2D eigenvalue weighted by molar-refractivity contribution is -0.165. The summed E-state index contributed by atoms with van der Waals surface area (Å²) in [6.07, 6.45) is 0.104. The number of aliphatic hydroxyl groups is 2. The predicted octanol–water partition coefficient (Wildman–Crippen LogP) is 8.65. The third-order valence-corrected chi connectivity index (χ3v) is 20.6. The van der Waals surface area contributed by atoms with E-state index in [0.717, 1.165) is 53.7 Å². The number of fused-ring (bicyclic) bond motifs is 1. The number of halogens is 5. The van der Waals surface area contributed by atoms with Crippen LogP contribution in [0.15, 0.2) is 116 Å². The van der Waals surface area contributed by atoms with Gasteiger partial charge in [-0.05, 0) is 151 Å². The van der Waals surface area contributed by atoms with Gasteiger partial charge >= 0.3 is 6.18 Å². The van der Waals surface area contributed by atoms with Crippen molar-refractivity contribution < 1.29 is 66.3 Å². The Balaban J connectivity index is 0.927. The van der Waals surface area contributed by atoms with Gasteiger partial charge in [0, 0.05) is 74.4 Å². The number of carbonyl (C=O) groups excluding carboxylic acids is 5. The number of benzene rings is 4. The molecule has 12 atom stereocenters. The summed E-state index contributed by atoms with van der Waals surface area (Å²) < 4.78 is 66.6. The van der Waals surface area contributed by atoms with Crippen LogP contribution in [0.2, 0.25) is 10.0 Å². The van der Waals surface area contributed by atoms with E-state index in [1.807, 2.05) is 104 Å². The third kappa shape index (κ3) is 21.0. The number of nitrogens with zero attached hydrogens (tertiary/aromatic N) is 8. The maximum atomic E-state index is 16.1. The van der Waals surface area contributed by atoms with E-state index in [0.29, 0.717) is 85.0 Å². The van der Waals surface area contributed by atoms with Gasteiger partial charge in [-0.1, -0.05) is 84.6 Å². The van der Waals surface area contributed by atoms with Gasteiger partial charge in [0.1, 0.15) is 53.5 Å². The Labute approximate surface area is 609 Å². The number of anilines is 1. The summed E-state index contributed by atoms with van der Waals surface area (Å²) in [5.74, 6) is -1.71. The number of likely N-dealkylation sites (N-methyl/N-ethyl adjacent to an activating group) is 2. The summed E-state index contributed by atoms with van der Waals surface area (Å²) in [5.41, 5.74) is 2.70. The van der Waals surface area contributed by atoms with Crippen LogP contribution in [-0.2, 0) is 77.3 Å². The molecule has 103 heavy (non-hydrogen) atoms. The number of ether oxygens (including phenoxy) is 4. The van der Waals surface area contributed by atoms with E-state index in [1.54, 1.807) is 49.3 Å². The summed E-state index contributed by atoms with van der Waals surface area (Å²) >= 11 is 13.1. The van der Waals surface area contributed by atoms with Crippen LogP contribution in [0.1, 0.15) is 98.8 Å². The fraction of sp³-hybridized carbons (Fsp3) is 0.520. The maximum absolute atomic E-state index is 16.1. The average Bonchev–Trinajstić information content (AvgIpc) is 1.69. The van der Waals surface area contributed by atoms with E-state index < -0.39 is 90.1 Å². The van der Waals surface area contributed by atoms with Gasteiger partial charge in [0.15, 0.2) is 5.69 Å². The number of aromatic nitrogens is 4. The lowest BCUT2D eigenvalue weighted by Crippen LogP contribution is -2.59. The van der Waals surface area contributed by atoms with Gasteiger partial charge in [-0.15, -0.1) is 0 Å². The molecule has 0 bridgehead atoms. The molecule has 2 saturated carbocycles. The second-order valence-corrected chi connectivity index (χ2v) is 28.7. The van der Waals surface area contributed by atoms with Crippen molar-refractivity contribution in [1.82, 2.24) is 55.1 Å². The first-order chi connectivity index (χ1) is 49.4. The number of aliphatic hydroxyl groups excluding tert-OH is 2. The van der Waals surface area contributed by atoms with Crippen molar-refractivity contribution in [3.8, 4) is 22.8 Å². The average molecular weight is 1470 g/mol. The molecule has 4 aromatic carbocycles. The Hall–Kier alpha value is -7.79. The molecule has 2 unspecified atom stereocenters. The third-order valence-electron chi connectivity index (χ3n) is 20.1. The summed E-state index contributed by atoms with van der Waals surface area (Å²) in [6, 6.07) is 24.0. The highest BCUT2D eigenvalue weighted by Crippen LogP contribution is 2.36. The van der Waals surface area contributed by atoms with Crippen LogP contribution < -0.4 is 26.0 Å². The summed E-state index contributed by atoms with van der Waals surface area (Å²) in [5, 5.41) is 35.5. The Morgan fingerprint density at radius 1 is 0.796 bits per heavy atom.